The molecule has 0 radical (unpaired) electrons. The quantitative estimate of drug-likeness (QED) is 0.769. The smallest absolute Gasteiger partial charge is 0.223 e. The molecule has 4 nitrogen and oxygen atoms in total. The van der Waals surface area contributed by atoms with Crippen LogP contribution in [0, 0.1) is 5.92 Å². The summed E-state index contributed by atoms with van der Waals surface area (Å²) in [5, 5.41) is 6.13. The molecule has 0 saturated carbocycles. The fraction of sp³-hybridized carbons (Fsp3) is 0.273. The van der Waals surface area contributed by atoms with Crippen LogP contribution in [0.2, 0.25) is 0 Å². The van der Waals surface area contributed by atoms with Gasteiger partial charge in [0, 0.05) is 44.9 Å². The van der Waals surface area contributed by atoms with E-state index >= 15 is 0 Å². The van der Waals surface area contributed by atoms with Crippen molar-refractivity contribution in [3.8, 4) is 0 Å². The zero-order valence-corrected chi connectivity index (χ0v) is 14.9. The summed E-state index contributed by atoms with van der Waals surface area (Å²) in [7, 11) is 1.90. The maximum absolute atomic E-state index is 12.3. The van der Waals surface area contributed by atoms with Crippen LogP contribution >= 0.6 is 0 Å². The molecule has 1 aliphatic heterocycles. The second-order valence-electron chi connectivity index (χ2n) is 6.96. The largest absolute Gasteiger partial charge is 0.338 e. The van der Waals surface area contributed by atoms with Crippen LogP contribution in [0.4, 0.5) is 0 Å². The van der Waals surface area contributed by atoms with Crippen molar-refractivity contribution >= 4 is 16.7 Å². The third-order valence-electron chi connectivity index (χ3n) is 5.34. The Morgan fingerprint density at radius 1 is 1.08 bits per heavy atom. The molecule has 1 amide bonds. The summed E-state index contributed by atoms with van der Waals surface area (Å²) >= 11 is 0. The van der Waals surface area contributed by atoms with Crippen molar-refractivity contribution in [3.05, 3.63) is 78.1 Å². The van der Waals surface area contributed by atoms with E-state index in [0.717, 1.165) is 18.7 Å². The Morgan fingerprint density at radius 3 is 2.69 bits per heavy atom. The monoisotopic (exact) mass is 345 g/mol. The number of nitrogens with zero attached hydrogens (tertiary/aromatic N) is 2. The number of pyridine rings is 1. The minimum atomic E-state index is 0.116. The fourth-order valence-corrected chi connectivity index (χ4v) is 4.03. The standard InChI is InChI=1S/C22H23N3O/c1-25-21(26)13-19(22(25)17-9-11-23-12-10-17)15-24-14-18-7-4-6-16-5-2-3-8-20(16)18/h2-12,19,22,24H,13-15H2,1H3/t19-,22-/m0/s1. The van der Waals surface area contributed by atoms with E-state index in [1.807, 2.05) is 24.1 Å². The molecular weight excluding hydrogens is 322 g/mol. The Labute approximate surface area is 153 Å². The van der Waals surface area contributed by atoms with Gasteiger partial charge in [0.15, 0.2) is 0 Å². The van der Waals surface area contributed by atoms with Crippen LogP contribution in [-0.2, 0) is 11.3 Å². The highest BCUT2D eigenvalue weighted by Gasteiger charge is 2.37. The molecular formula is C22H23N3O. The van der Waals surface area contributed by atoms with Gasteiger partial charge < -0.3 is 10.2 Å². The number of rotatable bonds is 5. The number of carbonyl (C=O) groups excluding carboxylic acids is 1. The highest BCUT2D eigenvalue weighted by atomic mass is 16.2. The zero-order chi connectivity index (χ0) is 17.9. The van der Waals surface area contributed by atoms with Crippen molar-refractivity contribution in [2.75, 3.05) is 13.6 Å². The second kappa shape index (κ2) is 7.26. The SMILES string of the molecule is CN1C(=O)C[C@@H](CNCc2cccc3ccccc23)[C@@H]1c1ccncc1. The number of hydrogen-bond donors (Lipinski definition) is 1. The van der Waals surface area contributed by atoms with Crippen LogP contribution < -0.4 is 5.32 Å². The summed E-state index contributed by atoms with van der Waals surface area (Å²) < 4.78 is 0. The van der Waals surface area contributed by atoms with Gasteiger partial charge in [-0.05, 0) is 34.0 Å². The van der Waals surface area contributed by atoms with E-state index in [1.165, 1.54) is 16.3 Å². The molecule has 1 aromatic heterocycles. The van der Waals surface area contributed by atoms with E-state index in [2.05, 4.69) is 52.8 Å². The van der Waals surface area contributed by atoms with Gasteiger partial charge in [-0.25, -0.2) is 0 Å². The molecule has 2 aromatic carbocycles. The lowest BCUT2D eigenvalue weighted by Crippen LogP contribution is -2.29. The number of fused-ring (bicyclic) bond motifs is 1. The summed E-state index contributed by atoms with van der Waals surface area (Å²) in [6, 6.07) is 19.0. The maximum atomic E-state index is 12.3. The van der Waals surface area contributed by atoms with E-state index in [9.17, 15) is 4.79 Å². The van der Waals surface area contributed by atoms with E-state index in [0.29, 0.717) is 6.42 Å². The topological polar surface area (TPSA) is 45.2 Å². The summed E-state index contributed by atoms with van der Waals surface area (Å²) in [6.07, 6.45) is 4.19. The molecule has 132 valence electrons. The Kier molecular flexibility index (Phi) is 4.67. The Bertz CT molecular complexity index is 904. The summed E-state index contributed by atoms with van der Waals surface area (Å²) in [5.74, 6) is 0.480. The molecule has 0 spiro atoms. The normalized spacial score (nSPS) is 20.0. The molecule has 3 aromatic rings. The summed E-state index contributed by atoms with van der Waals surface area (Å²) in [4.78, 5) is 18.2. The molecule has 1 N–H and O–H groups in total. The third kappa shape index (κ3) is 3.20. The highest BCUT2D eigenvalue weighted by Crippen LogP contribution is 2.36. The lowest BCUT2D eigenvalue weighted by molar-refractivity contribution is -0.127. The average molecular weight is 345 g/mol. The van der Waals surface area contributed by atoms with Crippen molar-refractivity contribution in [3.63, 3.8) is 0 Å². The van der Waals surface area contributed by atoms with Crippen LogP contribution in [0.25, 0.3) is 10.8 Å². The first-order valence-corrected chi connectivity index (χ1v) is 9.07. The number of amides is 1. The molecule has 0 unspecified atom stereocenters. The molecule has 4 heteroatoms. The van der Waals surface area contributed by atoms with Gasteiger partial charge >= 0.3 is 0 Å². The second-order valence-corrected chi connectivity index (χ2v) is 6.96. The van der Waals surface area contributed by atoms with Crippen LogP contribution in [0.5, 0.6) is 0 Å². The minimum absolute atomic E-state index is 0.116. The molecule has 26 heavy (non-hydrogen) atoms. The van der Waals surface area contributed by atoms with Crippen LogP contribution in [0.15, 0.2) is 67.0 Å². The number of aromatic nitrogens is 1. The van der Waals surface area contributed by atoms with Crippen molar-refractivity contribution < 1.29 is 4.79 Å². The van der Waals surface area contributed by atoms with E-state index < -0.39 is 0 Å². The predicted octanol–water partition coefficient (Wildman–Crippen LogP) is 3.54. The number of nitrogens with one attached hydrogen (secondary N) is 1. The highest BCUT2D eigenvalue weighted by molar-refractivity contribution is 5.85. The van der Waals surface area contributed by atoms with Crippen molar-refractivity contribution in [2.24, 2.45) is 5.92 Å². The first kappa shape index (κ1) is 16.7. The number of hydrogen-bond acceptors (Lipinski definition) is 3. The van der Waals surface area contributed by atoms with Gasteiger partial charge in [0.05, 0.1) is 6.04 Å². The van der Waals surface area contributed by atoms with Gasteiger partial charge in [0.1, 0.15) is 0 Å². The summed E-state index contributed by atoms with van der Waals surface area (Å²) in [5.41, 5.74) is 2.45. The van der Waals surface area contributed by atoms with Gasteiger partial charge in [-0.2, -0.15) is 0 Å². The van der Waals surface area contributed by atoms with E-state index in [-0.39, 0.29) is 17.9 Å². The van der Waals surface area contributed by atoms with E-state index in [1.54, 1.807) is 12.4 Å². The molecule has 0 aliphatic carbocycles. The first-order valence-electron chi connectivity index (χ1n) is 9.07. The zero-order valence-electron chi connectivity index (χ0n) is 14.9. The van der Waals surface area contributed by atoms with Crippen molar-refractivity contribution in [1.29, 1.82) is 0 Å². The molecule has 4 rings (SSSR count). The van der Waals surface area contributed by atoms with Gasteiger partial charge in [-0.1, -0.05) is 42.5 Å². The average Bonchev–Trinajstić information content (AvgIpc) is 2.96. The van der Waals surface area contributed by atoms with E-state index in [4.69, 9.17) is 0 Å². The predicted molar refractivity (Wildman–Crippen MR) is 104 cm³/mol. The van der Waals surface area contributed by atoms with Crippen molar-refractivity contribution in [1.82, 2.24) is 15.2 Å². The number of carbonyl (C=O) groups is 1. The third-order valence-corrected chi connectivity index (χ3v) is 5.34. The molecule has 1 saturated heterocycles. The summed E-state index contributed by atoms with van der Waals surface area (Å²) in [6.45, 7) is 1.62. The van der Waals surface area contributed by atoms with Gasteiger partial charge in [-0.15, -0.1) is 0 Å². The molecule has 1 aliphatic rings. The molecule has 2 atom stereocenters. The lowest BCUT2D eigenvalue weighted by atomic mass is 9.94. The molecule has 1 fully saturated rings. The number of benzene rings is 2. The minimum Gasteiger partial charge on any atom is -0.338 e. The molecule has 2 heterocycles. The van der Waals surface area contributed by atoms with Gasteiger partial charge in [0.25, 0.3) is 0 Å². The lowest BCUT2D eigenvalue weighted by Gasteiger charge is -2.25. The first-order chi connectivity index (χ1) is 12.7. The van der Waals surface area contributed by atoms with Crippen molar-refractivity contribution in [2.45, 2.75) is 19.0 Å². The van der Waals surface area contributed by atoms with Crippen LogP contribution in [0.1, 0.15) is 23.6 Å². The van der Waals surface area contributed by atoms with Crippen LogP contribution in [-0.4, -0.2) is 29.4 Å². The Hall–Kier alpha value is -2.72. The Balaban J connectivity index is 1.47. The fourth-order valence-electron chi connectivity index (χ4n) is 4.03. The van der Waals surface area contributed by atoms with Crippen LogP contribution in [0.3, 0.4) is 0 Å². The number of likely N-dealkylation sites (tertiary alicyclic amines) is 1. The molecule has 0 bridgehead atoms. The Morgan fingerprint density at radius 2 is 1.85 bits per heavy atom. The van der Waals surface area contributed by atoms with Gasteiger partial charge in [0.2, 0.25) is 5.91 Å². The van der Waals surface area contributed by atoms with Gasteiger partial charge in [-0.3, -0.25) is 9.78 Å². The maximum Gasteiger partial charge on any atom is 0.223 e.